The summed E-state index contributed by atoms with van der Waals surface area (Å²) in [5.74, 6) is 2.86. The Morgan fingerprint density at radius 1 is 0.600 bits per heavy atom. The minimum Gasteiger partial charge on any atom is -1.00 e. The topological polar surface area (TPSA) is 0 Å². The summed E-state index contributed by atoms with van der Waals surface area (Å²) in [6.07, 6.45) is 20.0. The van der Waals surface area contributed by atoms with Gasteiger partial charge in [0.1, 0.15) is 11.5 Å². The van der Waals surface area contributed by atoms with E-state index >= 15 is 0 Å². The third kappa shape index (κ3) is 17.0. The van der Waals surface area contributed by atoms with Gasteiger partial charge in [-0.15, -0.1) is 0 Å². The smallest absolute Gasteiger partial charge is 0.105 e. The molecule has 0 bridgehead atoms. The van der Waals surface area contributed by atoms with E-state index in [1.54, 1.807) is 11.8 Å². The summed E-state index contributed by atoms with van der Waals surface area (Å²) >= 11 is 1.70. The molecule has 0 heterocycles. The number of aryl methyl sites for hydroxylation is 1. The van der Waals surface area contributed by atoms with Crippen LogP contribution in [0.1, 0.15) is 96.0 Å². The van der Waals surface area contributed by atoms with E-state index in [1.807, 2.05) is 0 Å². The summed E-state index contributed by atoms with van der Waals surface area (Å²) in [5.41, 5.74) is 1.50. The van der Waals surface area contributed by atoms with Crippen molar-refractivity contribution in [1.29, 1.82) is 0 Å². The molecule has 0 radical (unpaired) electrons. The number of halogens is 1. The first-order valence-electron chi connectivity index (χ1n) is 10.6. The van der Waals surface area contributed by atoms with Crippen molar-refractivity contribution in [2.45, 2.75) is 96.8 Å². The Balaban J connectivity index is 0.00000576. The highest BCUT2D eigenvalue weighted by Gasteiger charge is 1.99. The third-order valence-corrected chi connectivity index (χ3v) is 6.06. The molecule has 1 rings (SSSR count). The zero-order valence-electron chi connectivity index (χ0n) is 16.5. The molecule has 0 amide bonds. The van der Waals surface area contributed by atoms with Crippen LogP contribution in [0.5, 0.6) is 0 Å². The number of rotatable bonds is 17. The summed E-state index contributed by atoms with van der Waals surface area (Å²) in [6, 6.07) is 10.9. The second-order valence-electron chi connectivity index (χ2n) is 7.15. The lowest BCUT2D eigenvalue weighted by Gasteiger charge is -2.01. The van der Waals surface area contributed by atoms with Crippen molar-refractivity contribution in [3.63, 3.8) is 0 Å². The maximum absolute atomic E-state index is 2.30. The Morgan fingerprint density at radius 3 is 1.64 bits per heavy atom. The molecule has 0 nitrogen and oxygen atoms in total. The molecular formula is C23H41ClS. The Bertz CT molecular complexity index is 352. The average molecular weight is 385 g/mol. The van der Waals surface area contributed by atoms with E-state index in [0.29, 0.717) is 0 Å². The van der Waals surface area contributed by atoms with Crippen LogP contribution in [-0.4, -0.2) is 11.5 Å². The van der Waals surface area contributed by atoms with Gasteiger partial charge in [-0.3, -0.25) is 0 Å². The average Bonchev–Trinajstić information content (AvgIpc) is 2.62. The van der Waals surface area contributed by atoms with Gasteiger partial charge in [-0.05, 0) is 55.9 Å². The summed E-state index contributed by atoms with van der Waals surface area (Å²) < 4.78 is 0. The van der Waals surface area contributed by atoms with Gasteiger partial charge in [-0.1, -0.05) is 88.6 Å². The number of benzene rings is 1. The highest BCUT2D eigenvalue weighted by molar-refractivity contribution is 7.78. The van der Waals surface area contributed by atoms with Crippen LogP contribution in [0.3, 0.4) is 0 Å². The maximum Gasteiger partial charge on any atom is 0.105 e. The van der Waals surface area contributed by atoms with Crippen molar-refractivity contribution >= 4 is 11.8 Å². The van der Waals surface area contributed by atoms with Gasteiger partial charge in [-0.2, -0.15) is 0 Å². The predicted molar refractivity (Wildman–Crippen MR) is 114 cm³/mol. The fraction of sp³-hybridized carbons (Fsp3) is 0.739. The molecule has 0 fully saturated rings. The first-order valence-corrected chi connectivity index (χ1v) is 11.9. The Labute approximate surface area is 168 Å². The van der Waals surface area contributed by atoms with Crippen LogP contribution in [0.15, 0.2) is 30.3 Å². The lowest BCUT2D eigenvalue weighted by Crippen LogP contribution is -3.00. The fourth-order valence-corrected chi connectivity index (χ4v) is 4.32. The lowest BCUT2D eigenvalue weighted by atomic mass is 10.1. The van der Waals surface area contributed by atoms with Crippen molar-refractivity contribution in [2.24, 2.45) is 0 Å². The summed E-state index contributed by atoms with van der Waals surface area (Å²) in [7, 11) is 0. The largest absolute Gasteiger partial charge is 1.00 e. The van der Waals surface area contributed by atoms with Gasteiger partial charge in [0.15, 0.2) is 0 Å². The lowest BCUT2D eigenvalue weighted by molar-refractivity contribution is -0.00000514. The third-order valence-electron chi connectivity index (χ3n) is 4.79. The van der Waals surface area contributed by atoms with Crippen molar-refractivity contribution in [3.8, 4) is 0 Å². The van der Waals surface area contributed by atoms with E-state index in [-0.39, 0.29) is 12.4 Å². The van der Waals surface area contributed by atoms with Gasteiger partial charge in [0.05, 0.1) is 0 Å². The van der Waals surface area contributed by atoms with E-state index in [9.17, 15) is 0 Å². The highest BCUT2D eigenvalue weighted by Crippen LogP contribution is 2.11. The van der Waals surface area contributed by atoms with Crippen LogP contribution in [0.2, 0.25) is 0 Å². The van der Waals surface area contributed by atoms with Crippen LogP contribution in [0, 0.1) is 0 Å². The monoisotopic (exact) mass is 384 g/mol. The molecule has 1 aromatic rings. The van der Waals surface area contributed by atoms with Gasteiger partial charge in [0, 0.05) is 0 Å². The maximum atomic E-state index is 2.30. The minimum absolute atomic E-state index is 0. The Hall–Kier alpha value is -0.140. The Morgan fingerprint density at radius 2 is 1.08 bits per heavy atom. The molecule has 146 valence electrons. The zero-order chi connectivity index (χ0) is 17.1. The van der Waals surface area contributed by atoms with Gasteiger partial charge in [0.2, 0.25) is 0 Å². The molecule has 0 saturated heterocycles. The number of hydrogen-bond donors (Lipinski definition) is 0. The molecule has 2 heteroatoms. The van der Waals surface area contributed by atoms with Gasteiger partial charge >= 0.3 is 0 Å². The molecule has 0 aromatic heterocycles. The molecule has 0 unspecified atom stereocenters. The minimum atomic E-state index is 0. The molecule has 0 aliphatic carbocycles. The van der Waals surface area contributed by atoms with Crippen LogP contribution in [0.25, 0.3) is 0 Å². The van der Waals surface area contributed by atoms with E-state index in [4.69, 9.17) is 0 Å². The van der Waals surface area contributed by atoms with Gasteiger partial charge in [0.25, 0.3) is 0 Å². The van der Waals surface area contributed by atoms with Crippen LogP contribution >= 0.6 is 0 Å². The summed E-state index contributed by atoms with van der Waals surface area (Å²) in [6.45, 7) is 2.30. The SMILES string of the molecule is CCCCCCCCCCCC[SH+]CCCCCc1ccccc1.[Cl-]. The summed E-state index contributed by atoms with van der Waals surface area (Å²) in [5, 5.41) is 0. The number of hydrogen-bond acceptors (Lipinski definition) is 0. The number of thiol groups is 1. The van der Waals surface area contributed by atoms with Crippen LogP contribution < -0.4 is 12.4 Å². The van der Waals surface area contributed by atoms with Crippen molar-refractivity contribution in [3.05, 3.63) is 35.9 Å². The molecule has 1 aromatic carbocycles. The van der Waals surface area contributed by atoms with Gasteiger partial charge in [-0.25, -0.2) is 0 Å². The van der Waals surface area contributed by atoms with Crippen molar-refractivity contribution < 1.29 is 12.4 Å². The predicted octanol–water partition coefficient (Wildman–Crippen LogP) is 4.14. The summed E-state index contributed by atoms with van der Waals surface area (Å²) in [4.78, 5) is 0. The number of unbranched alkanes of at least 4 members (excludes halogenated alkanes) is 11. The molecule has 0 N–H and O–H groups in total. The standard InChI is InChI=1S/C23H40S.ClH/c1-2-3-4-5-6-7-8-9-10-16-21-24-22-17-12-15-20-23-18-13-11-14-19-23;/h11,13-14,18-19H,2-10,12,15-17,20-22H2,1H3;1H. The first-order chi connectivity index (χ1) is 11.9. The molecule has 0 aliphatic heterocycles. The quantitative estimate of drug-likeness (QED) is 0.215. The molecule has 0 saturated carbocycles. The normalized spacial score (nSPS) is 10.6. The second-order valence-corrected chi connectivity index (χ2v) is 8.49. The molecule has 25 heavy (non-hydrogen) atoms. The zero-order valence-corrected chi connectivity index (χ0v) is 18.2. The first kappa shape index (κ1) is 24.9. The molecular weight excluding hydrogens is 344 g/mol. The van der Waals surface area contributed by atoms with Crippen molar-refractivity contribution in [2.75, 3.05) is 11.5 Å². The molecule has 0 aliphatic rings. The molecule has 0 atom stereocenters. The van der Waals surface area contributed by atoms with E-state index in [1.165, 1.54) is 107 Å². The van der Waals surface area contributed by atoms with Crippen LogP contribution in [0.4, 0.5) is 0 Å². The van der Waals surface area contributed by atoms with E-state index in [2.05, 4.69) is 37.3 Å². The fourth-order valence-electron chi connectivity index (χ4n) is 3.20. The van der Waals surface area contributed by atoms with E-state index < -0.39 is 0 Å². The Kier molecular flexibility index (Phi) is 20.1. The van der Waals surface area contributed by atoms with Crippen LogP contribution in [-0.2, 0) is 18.2 Å². The van der Waals surface area contributed by atoms with Crippen molar-refractivity contribution in [1.82, 2.24) is 0 Å². The molecule has 0 spiro atoms. The highest BCUT2D eigenvalue weighted by atomic mass is 35.5. The van der Waals surface area contributed by atoms with E-state index in [0.717, 1.165) is 0 Å². The van der Waals surface area contributed by atoms with Gasteiger partial charge < -0.3 is 12.4 Å². The second kappa shape index (κ2) is 20.2.